The Hall–Kier alpha value is -4.70. The lowest BCUT2D eigenvalue weighted by atomic mass is 10.1. The molecule has 0 unspecified atom stereocenters. The number of aromatic carboxylic acids is 1. The predicted octanol–water partition coefficient (Wildman–Crippen LogP) is 4.82. The fraction of sp³-hybridized carbons (Fsp3) is 0.111. The van der Waals surface area contributed by atoms with Crippen molar-refractivity contribution < 1.29 is 38.1 Å². The first-order valence-electron chi connectivity index (χ1n) is 11.3. The van der Waals surface area contributed by atoms with Gasteiger partial charge in [0.25, 0.3) is 11.8 Å². The fourth-order valence-corrected chi connectivity index (χ4v) is 3.97. The average molecular weight is 539 g/mol. The van der Waals surface area contributed by atoms with Gasteiger partial charge >= 0.3 is 12.0 Å². The van der Waals surface area contributed by atoms with Crippen LogP contribution in [0.5, 0.6) is 11.5 Å². The first-order chi connectivity index (χ1) is 18.2. The van der Waals surface area contributed by atoms with E-state index in [-0.39, 0.29) is 46.6 Å². The number of carboxylic acid groups (broad SMARTS) is 1. The molecule has 3 aromatic carbocycles. The lowest BCUT2D eigenvalue weighted by Gasteiger charge is -2.26. The van der Waals surface area contributed by atoms with Crippen molar-refractivity contribution in [2.24, 2.45) is 0 Å². The summed E-state index contributed by atoms with van der Waals surface area (Å²) in [6.07, 6.45) is 1.23. The maximum absolute atomic E-state index is 13.7. The van der Waals surface area contributed by atoms with E-state index in [1.165, 1.54) is 42.5 Å². The molecule has 1 aliphatic heterocycles. The second kappa shape index (κ2) is 11.1. The largest absolute Gasteiger partial charge is 0.490 e. The molecule has 1 aliphatic rings. The van der Waals surface area contributed by atoms with Gasteiger partial charge < -0.3 is 14.6 Å². The summed E-state index contributed by atoms with van der Waals surface area (Å²) in [6.45, 7) is 1.97. The molecule has 1 saturated heterocycles. The number of nitrogens with zero attached hydrogens (tertiary/aromatic N) is 1. The summed E-state index contributed by atoms with van der Waals surface area (Å²) in [5.41, 5.74) is 0.554. The number of hydrogen-bond acceptors (Lipinski definition) is 6. The van der Waals surface area contributed by atoms with E-state index >= 15 is 0 Å². The van der Waals surface area contributed by atoms with Crippen LogP contribution >= 0.6 is 11.6 Å². The van der Waals surface area contributed by atoms with Crippen molar-refractivity contribution in [3.05, 3.63) is 93.8 Å². The molecule has 1 heterocycles. The molecule has 2 N–H and O–H groups in total. The van der Waals surface area contributed by atoms with E-state index in [4.69, 9.17) is 21.1 Å². The van der Waals surface area contributed by atoms with Gasteiger partial charge in [0.15, 0.2) is 11.5 Å². The Morgan fingerprint density at radius 3 is 2.55 bits per heavy atom. The summed E-state index contributed by atoms with van der Waals surface area (Å²) in [5, 5.41) is 11.4. The number of carbonyl (C=O) groups is 4. The second-order valence-corrected chi connectivity index (χ2v) is 8.40. The van der Waals surface area contributed by atoms with Crippen LogP contribution in [0.3, 0.4) is 0 Å². The molecule has 9 nitrogen and oxygen atoms in total. The van der Waals surface area contributed by atoms with Crippen LogP contribution in [0.1, 0.15) is 28.4 Å². The van der Waals surface area contributed by atoms with Gasteiger partial charge in [0.2, 0.25) is 0 Å². The van der Waals surface area contributed by atoms with E-state index in [0.717, 1.165) is 12.1 Å². The Kier molecular flexibility index (Phi) is 7.73. The number of hydrogen-bond donors (Lipinski definition) is 2. The van der Waals surface area contributed by atoms with Gasteiger partial charge in [-0.25, -0.2) is 18.9 Å². The normalized spacial score (nSPS) is 14.4. The molecule has 0 radical (unpaired) electrons. The van der Waals surface area contributed by atoms with Crippen LogP contribution in [0.15, 0.2) is 66.2 Å². The minimum atomic E-state index is -1.07. The number of halogens is 2. The number of carboxylic acids is 1. The smallest absolute Gasteiger partial charge is 0.335 e. The van der Waals surface area contributed by atoms with Crippen molar-refractivity contribution in [1.29, 1.82) is 0 Å². The minimum absolute atomic E-state index is 0.00700. The molecule has 0 aromatic heterocycles. The third-order valence-corrected chi connectivity index (χ3v) is 5.65. The summed E-state index contributed by atoms with van der Waals surface area (Å²) in [6, 6.07) is 13.0. The number of rotatable bonds is 8. The van der Waals surface area contributed by atoms with Gasteiger partial charge in [0.1, 0.15) is 18.0 Å². The molecule has 1 fully saturated rings. The number of benzene rings is 3. The third-order valence-electron chi connectivity index (χ3n) is 5.37. The van der Waals surface area contributed by atoms with E-state index in [2.05, 4.69) is 5.32 Å². The predicted molar refractivity (Wildman–Crippen MR) is 136 cm³/mol. The standard InChI is InChI=1S/C27H20ClFN2O7/c1-2-37-22-12-16(11-21(28)23(22)38-14-15-5-3-6-17(9-15)26(34)35)10-20-24(32)30-27(36)31(25(20)33)19-8-4-7-18(29)13-19/h3-13H,2,14H2,1H3,(H,34,35)(H,30,32,36)/b20-10+. The first-order valence-corrected chi connectivity index (χ1v) is 11.6. The average Bonchev–Trinajstić information content (AvgIpc) is 2.86. The topological polar surface area (TPSA) is 122 Å². The van der Waals surface area contributed by atoms with Gasteiger partial charge in [0.05, 0.1) is 22.9 Å². The van der Waals surface area contributed by atoms with Crippen molar-refractivity contribution in [3.63, 3.8) is 0 Å². The molecule has 0 spiro atoms. The zero-order chi connectivity index (χ0) is 27.4. The number of nitrogens with one attached hydrogen (secondary N) is 1. The van der Waals surface area contributed by atoms with Crippen LogP contribution in [-0.2, 0) is 16.2 Å². The van der Waals surface area contributed by atoms with Gasteiger partial charge in [-0.05, 0) is 66.6 Å². The summed E-state index contributed by atoms with van der Waals surface area (Å²) >= 11 is 6.45. The van der Waals surface area contributed by atoms with Crippen LogP contribution in [-0.4, -0.2) is 35.5 Å². The zero-order valence-electron chi connectivity index (χ0n) is 19.9. The van der Waals surface area contributed by atoms with Crippen LogP contribution in [0, 0.1) is 5.82 Å². The first kappa shape index (κ1) is 26.4. The number of imide groups is 2. The van der Waals surface area contributed by atoms with Crippen molar-refractivity contribution in [1.82, 2.24) is 5.32 Å². The highest BCUT2D eigenvalue weighted by molar-refractivity contribution is 6.39. The maximum atomic E-state index is 13.7. The summed E-state index contributed by atoms with van der Waals surface area (Å²) in [7, 11) is 0. The monoisotopic (exact) mass is 538 g/mol. The van der Waals surface area contributed by atoms with E-state index in [1.54, 1.807) is 19.1 Å². The van der Waals surface area contributed by atoms with Gasteiger partial charge in [-0.3, -0.25) is 14.9 Å². The van der Waals surface area contributed by atoms with Crippen LogP contribution in [0.2, 0.25) is 5.02 Å². The van der Waals surface area contributed by atoms with Crippen LogP contribution in [0.25, 0.3) is 6.08 Å². The number of amides is 4. The SMILES string of the molecule is CCOc1cc(/C=C2\C(=O)NC(=O)N(c3cccc(F)c3)C2=O)cc(Cl)c1OCc1cccc(C(=O)O)c1. The van der Waals surface area contributed by atoms with E-state index in [0.29, 0.717) is 16.0 Å². The molecule has 4 amide bonds. The van der Waals surface area contributed by atoms with Crippen molar-refractivity contribution in [2.75, 3.05) is 11.5 Å². The molecule has 0 atom stereocenters. The molecule has 0 saturated carbocycles. The summed E-state index contributed by atoms with van der Waals surface area (Å²) in [5.74, 6) is -3.23. The van der Waals surface area contributed by atoms with Crippen molar-refractivity contribution >= 4 is 47.2 Å². The fourth-order valence-electron chi connectivity index (χ4n) is 3.70. The summed E-state index contributed by atoms with van der Waals surface area (Å²) < 4.78 is 25.2. The molecule has 11 heteroatoms. The van der Waals surface area contributed by atoms with Crippen molar-refractivity contribution in [3.8, 4) is 11.5 Å². The number of anilines is 1. The molecule has 0 bridgehead atoms. The number of urea groups is 1. The number of ether oxygens (including phenoxy) is 2. The Morgan fingerprint density at radius 1 is 1.08 bits per heavy atom. The van der Waals surface area contributed by atoms with E-state index in [9.17, 15) is 28.7 Å². The molecule has 4 rings (SSSR count). The highest BCUT2D eigenvalue weighted by Gasteiger charge is 2.37. The minimum Gasteiger partial charge on any atom is -0.490 e. The summed E-state index contributed by atoms with van der Waals surface area (Å²) in [4.78, 5) is 49.8. The lowest BCUT2D eigenvalue weighted by molar-refractivity contribution is -0.122. The lowest BCUT2D eigenvalue weighted by Crippen LogP contribution is -2.54. The maximum Gasteiger partial charge on any atom is 0.335 e. The molecule has 3 aromatic rings. The molecule has 0 aliphatic carbocycles. The van der Waals surface area contributed by atoms with Gasteiger partial charge in [-0.2, -0.15) is 0 Å². The second-order valence-electron chi connectivity index (χ2n) is 7.99. The number of carbonyl (C=O) groups excluding carboxylic acids is 3. The van der Waals surface area contributed by atoms with E-state index < -0.39 is 29.6 Å². The zero-order valence-corrected chi connectivity index (χ0v) is 20.6. The molecular formula is C27H20ClFN2O7. The Labute approximate surface area is 221 Å². The Morgan fingerprint density at radius 2 is 1.84 bits per heavy atom. The quantitative estimate of drug-likeness (QED) is 0.311. The molecule has 194 valence electrons. The highest BCUT2D eigenvalue weighted by atomic mass is 35.5. The molecule has 38 heavy (non-hydrogen) atoms. The molecular weight excluding hydrogens is 519 g/mol. The van der Waals surface area contributed by atoms with Crippen LogP contribution in [0.4, 0.5) is 14.9 Å². The Balaban J connectivity index is 1.65. The van der Waals surface area contributed by atoms with Crippen molar-refractivity contribution in [2.45, 2.75) is 13.5 Å². The number of barbiturate groups is 1. The van der Waals surface area contributed by atoms with Gasteiger partial charge in [-0.1, -0.05) is 29.8 Å². The van der Waals surface area contributed by atoms with E-state index in [1.807, 2.05) is 0 Å². The van der Waals surface area contributed by atoms with Crippen LogP contribution < -0.4 is 19.7 Å². The Bertz CT molecular complexity index is 1490. The highest BCUT2D eigenvalue weighted by Crippen LogP contribution is 2.38. The van der Waals surface area contributed by atoms with Gasteiger partial charge in [-0.15, -0.1) is 0 Å². The third kappa shape index (κ3) is 5.65. The van der Waals surface area contributed by atoms with Gasteiger partial charge in [0, 0.05) is 0 Å².